The van der Waals surface area contributed by atoms with E-state index in [1.54, 1.807) is 0 Å². The lowest BCUT2D eigenvalue weighted by molar-refractivity contribution is 0.0408. The second-order valence-corrected chi connectivity index (χ2v) is 13.9. The van der Waals surface area contributed by atoms with Gasteiger partial charge in [0.1, 0.15) is 0 Å². The van der Waals surface area contributed by atoms with Crippen LogP contribution in [-0.4, -0.2) is 14.9 Å². The summed E-state index contributed by atoms with van der Waals surface area (Å²) in [5.74, 6) is 0. The van der Waals surface area contributed by atoms with Gasteiger partial charge in [-0.05, 0) is 42.1 Å². The van der Waals surface area contributed by atoms with Gasteiger partial charge in [-0.2, -0.15) is 0 Å². The molecule has 0 unspecified atom stereocenters. The van der Waals surface area contributed by atoms with Crippen LogP contribution in [0.2, 0.25) is 18.1 Å². The average Bonchev–Trinajstić information content (AvgIpc) is 2.61. The van der Waals surface area contributed by atoms with Crippen LogP contribution in [0.15, 0.2) is 36.4 Å². The second kappa shape index (κ2) is 4.58. The summed E-state index contributed by atoms with van der Waals surface area (Å²) in [5, 5.41) is 0.260. The van der Waals surface area contributed by atoms with Gasteiger partial charge < -0.3 is 4.43 Å². The normalized spacial score (nSPS) is 30.7. The minimum absolute atomic E-state index is 0.131. The van der Waals surface area contributed by atoms with Gasteiger partial charge >= 0.3 is 0 Å². The maximum absolute atomic E-state index is 6.65. The third-order valence-corrected chi connectivity index (χ3v) is 11.4. The highest BCUT2D eigenvalue weighted by atomic mass is 28.4. The van der Waals surface area contributed by atoms with E-state index in [-0.39, 0.29) is 15.9 Å². The van der Waals surface area contributed by atoms with Gasteiger partial charge in [0.05, 0.1) is 0 Å². The molecule has 2 atom stereocenters. The summed E-state index contributed by atoms with van der Waals surface area (Å²) in [6, 6.07) is 8.95. The van der Waals surface area contributed by atoms with E-state index < -0.39 is 8.32 Å². The van der Waals surface area contributed by atoms with E-state index in [1.165, 1.54) is 16.7 Å². The molecule has 22 heavy (non-hydrogen) atoms. The predicted octanol–water partition coefficient (Wildman–Crippen LogP) is 5.47. The van der Waals surface area contributed by atoms with Gasteiger partial charge in [-0.3, -0.25) is 0 Å². The number of benzene rings is 1. The zero-order valence-electron chi connectivity index (χ0n) is 15.0. The van der Waals surface area contributed by atoms with Crippen LogP contribution in [0.5, 0.6) is 0 Å². The van der Waals surface area contributed by atoms with Gasteiger partial charge in [0, 0.05) is 17.4 Å². The Kier molecular flexibility index (Phi) is 3.33. The third-order valence-electron chi connectivity index (χ3n) is 6.89. The Bertz CT molecular complexity index is 625. The van der Waals surface area contributed by atoms with Crippen molar-refractivity contribution in [2.45, 2.75) is 64.1 Å². The Morgan fingerprint density at radius 2 is 1.82 bits per heavy atom. The Labute approximate surface area is 136 Å². The van der Waals surface area contributed by atoms with E-state index in [0.717, 1.165) is 19.4 Å². The van der Waals surface area contributed by atoms with Gasteiger partial charge in [-0.25, -0.2) is 0 Å². The predicted molar refractivity (Wildman–Crippen MR) is 96.8 cm³/mol. The SMILES string of the molecule is C=C1C[C@]2(C)c3ccccc3C[C@]12CO[Si](C)(C)C(C)(C)C. The Balaban J connectivity index is 1.89. The van der Waals surface area contributed by atoms with E-state index in [4.69, 9.17) is 4.43 Å². The van der Waals surface area contributed by atoms with E-state index in [0.29, 0.717) is 0 Å². The zero-order valence-corrected chi connectivity index (χ0v) is 16.0. The first kappa shape index (κ1) is 16.0. The van der Waals surface area contributed by atoms with Crippen molar-refractivity contribution >= 4 is 8.32 Å². The second-order valence-electron chi connectivity index (χ2n) is 9.08. The van der Waals surface area contributed by atoms with E-state index in [2.05, 4.69) is 71.6 Å². The quantitative estimate of drug-likeness (QED) is 0.531. The van der Waals surface area contributed by atoms with E-state index in [1.807, 2.05) is 0 Å². The fourth-order valence-electron chi connectivity index (χ4n) is 4.09. The minimum atomic E-state index is -1.72. The van der Waals surface area contributed by atoms with Gasteiger partial charge in [0.25, 0.3) is 0 Å². The van der Waals surface area contributed by atoms with Crippen molar-refractivity contribution in [2.24, 2.45) is 5.41 Å². The van der Waals surface area contributed by atoms with Crippen LogP contribution >= 0.6 is 0 Å². The fourth-order valence-corrected chi connectivity index (χ4v) is 5.13. The molecule has 0 saturated heterocycles. The molecule has 0 aromatic heterocycles. The lowest BCUT2D eigenvalue weighted by Crippen LogP contribution is -2.57. The van der Waals surface area contributed by atoms with Crippen LogP contribution in [-0.2, 0) is 16.3 Å². The first-order valence-corrected chi connectivity index (χ1v) is 11.3. The van der Waals surface area contributed by atoms with Crippen LogP contribution in [0, 0.1) is 5.41 Å². The number of hydrogen-bond acceptors (Lipinski definition) is 1. The minimum Gasteiger partial charge on any atom is -0.416 e. The molecule has 0 heterocycles. The summed E-state index contributed by atoms with van der Waals surface area (Å²) in [4.78, 5) is 0. The molecule has 1 saturated carbocycles. The molecule has 0 spiro atoms. The van der Waals surface area contributed by atoms with Crippen molar-refractivity contribution in [3.63, 3.8) is 0 Å². The molecule has 0 radical (unpaired) electrons. The molecule has 1 nitrogen and oxygen atoms in total. The number of rotatable bonds is 3. The average molecular weight is 315 g/mol. The molecular formula is C20H30OSi. The highest BCUT2D eigenvalue weighted by Gasteiger charge is 2.64. The lowest BCUT2D eigenvalue weighted by atomic mass is 9.48. The van der Waals surface area contributed by atoms with Crippen LogP contribution in [0.25, 0.3) is 0 Å². The van der Waals surface area contributed by atoms with Crippen molar-refractivity contribution < 1.29 is 4.43 Å². The molecular weight excluding hydrogens is 284 g/mol. The monoisotopic (exact) mass is 314 g/mol. The lowest BCUT2D eigenvalue weighted by Gasteiger charge is -2.57. The Hall–Kier alpha value is -0.863. The topological polar surface area (TPSA) is 9.23 Å². The summed E-state index contributed by atoms with van der Waals surface area (Å²) in [6.45, 7) is 19.3. The van der Waals surface area contributed by atoms with E-state index >= 15 is 0 Å². The highest BCUT2D eigenvalue weighted by molar-refractivity contribution is 6.74. The summed E-state index contributed by atoms with van der Waals surface area (Å²) in [6.07, 6.45) is 2.22. The Morgan fingerprint density at radius 3 is 2.41 bits per heavy atom. The zero-order chi connectivity index (χ0) is 16.4. The molecule has 1 aromatic carbocycles. The maximum atomic E-state index is 6.65. The molecule has 2 heteroatoms. The highest BCUT2D eigenvalue weighted by Crippen LogP contribution is 2.67. The molecule has 1 fully saturated rings. The largest absolute Gasteiger partial charge is 0.416 e. The van der Waals surface area contributed by atoms with Crippen LogP contribution in [0.1, 0.15) is 45.2 Å². The maximum Gasteiger partial charge on any atom is 0.192 e. The van der Waals surface area contributed by atoms with E-state index in [9.17, 15) is 0 Å². The molecule has 0 aliphatic heterocycles. The smallest absolute Gasteiger partial charge is 0.192 e. The van der Waals surface area contributed by atoms with Crippen molar-refractivity contribution in [2.75, 3.05) is 6.61 Å². The van der Waals surface area contributed by atoms with Crippen LogP contribution < -0.4 is 0 Å². The standard InChI is InChI=1S/C20H30OSi/c1-15-12-19(5)17-11-9-8-10-16(17)13-20(15,19)14-21-22(6,7)18(2,3)4/h8-11H,1,12-14H2,2-7H3/t19-,20+/m1/s1. The first-order chi connectivity index (χ1) is 10.0. The molecule has 1 aromatic rings. The first-order valence-electron chi connectivity index (χ1n) is 8.44. The molecule has 0 amide bonds. The van der Waals surface area contributed by atoms with Crippen molar-refractivity contribution in [3.8, 4) is 0 Å². The van der Waals surface area contributed by atoms with Gasteiger partial charge in [0.15, 0.2) is 8.32 Å². The summed E-state index contributed by atoms with van der Waals surface area (Å²) in [7, 11) is -1.72. The Morgan fingerprint density at radius 1 is 1.18 bits per heavy atom. The number of hydrogen-bond donors (Lipinski definition) is 0. The van der Waals surface area contributed by atoms with Gasteiger partial charge in [-0.1, -0.05) is 64.1 Å². The van der Waals surface area contributed by atoms with Crippen molar-refractivity contribution in [1.29, 1.82) is 0 Å². The van der Waals surface area contributed by atoms with Gasteiger partial charge in [-0.15, -0.1) is 0 Å². The summed E-state index contributed by atoms with van der Waals surface area (Å²) < 4.78 is 6.65. The summed E-state index contributed by atoms with van der Waals surface area (Å²) in [5.41, 5.74) is 4.78. The van der Waals surface area contributed by atoms with Gasteiger partial charge in [0.2, 0.25) is 0 Å². The molecule has 0 N–H and O–H groups in total. The molecule has 3 rings (SSSR count). The number of fused-ring (bicyclic) bond motifs is 3. The van der Waals surface area contributed by atoms with Crippen molar-refractivity contribution in [3.05, 3.63) is 47.5 Å². The van der Waals surface area contributed by atoms with Crippen molar-refractivity contribution in [1.82, 2.24) is 0 Å². The fraction of sp³-hybridized carbons (Fsp3) is 0.600. The molecule has 0 bridgehead atoms. The molecule has 120 valence electrons. The van der Waals surface area contributed by atoms with Crippen LogP contribution in [0.4, 0.5) is 0 Å². The van der Waals surface area contributed by atoms with Crippen LogP contribution in [0.3, 0.4) is 0 Å². The molecule has 2 aliphatic carbocycles. The molecule has 2 aliphatic rings. The third kappa shape index (κ3) is 1.93. The summed E-state index contributed by atoms with van der Waals surface area (Å²) >= 11 is 0.